The molecule has 2 aromatic heterocycles. The fourth-order valence-electron chi connectivity index (χ4n) is 4.37. The molecule has 27 heavy (non-hydrogen) atoms. The molecule has 3 heterocycles. The summed E-state index contributed by atoms with van der Waals surface area (Å²) in [4.78, 5) is 25.3. The highest BCUT2D eigenvalue weighted by molar-refractivity contribution is 5.94. The summed E-state index contributed by atoms with van der Waals surface area (Å²) in [5.41, 5.74) is 3.18. The minimum atomic E-state index is -0.321. The molecule has 1 N–H and O–H groups in total. The van der Waals surface area contributed by atoms with Gasteiger partial charge >= 0.3 is 0 Å². The van der Waals surface area contributed by atoms with Crippen molar-refractivity contribution >= 4 is 5.91 Å². The van der Waals surface area contributed by atoms with E-state index < -0.39 is 0 Å². The Balaban J connectivity index is 1.38. The quantitative estimate of drug-likeness (QED) is 0.864. The minimum Gasteiger partial charge on any atom is -0.377 e. The van der Waals surface area contributed by atoms with Crippen LogP contribution in [0.2, 0.25) is 0 Å². The highest BCUT2D eigenvalue weighted by Gasteiger charge is 2.35. The van der Waals surface area contributed by atoms with Crippen molar-refractivity contribution in [3.8, 4) is 0 Å². The number of amides is 1. The highest BCUT2D eigenvalue weighted by Crippen LogP contribution is 2.25. The molecule has 2 unspecified atom stereocenters. The Morgan fingerprint density at radius 1 is 1.15 bits per heavy atom. The number of fused-ring (bicyclic) bond motifs is 2. The first-order valence-electron chi connectivity index (χ1n) is 9.68. The standard InChI is InChI=1S/C19H22N4O4/c24-17-8-11-4-3-6-13(11)21-23(17)15-10-26-9-14(15)20-19(25)18-12-5-1-2-7-16(12)27-22-18/h8,14-15H,1-7,9-10H2,(H,20,25). The fraction of sp³-hybridized carbons (Fsp3) is 0.579. The van der Waals surface area contributed by atoms with Gasteiger partial charge in [0.2, 0.25) is 0 Å². The molecule has 1 aliphatic heterocycles. The summed E-state index contributed by atoms with van der Waals surface area (Å²) in [5, 5.41) is 11.5. The van der Waals surface area contributed by atoms with Crippen molar-refractivity contribution in [3.63, 3.8) is 0 Å². The molecule has 5 rings (SSSR count). The summed E-state index contributed by atoms with van der Waals surface area (Å²) in [6.45, 7) is 0.704. The van der Waals surface area contributed by atoms with Crippen molar-refractivity contribution in [1.82, 2.24) is 20.3 Å². The van der Waals surface area contributed by atoms with Crippen LogP contribution >= 0.6 is 0 Å². The number of nitrogens with zero attached hydrogens (tertiary/aromatic N) is 3. The summed E-state index contributed by atoms with van der Waals surface area (Å²) in [6.07, 6.45) is 6.59. The number of nitrogens with one attached hydrogen (secondary N) is 1. The molecular weight excluding hydrogens is 348 g/mol. The average molecular weight is 370 g/mol. The van der Waals surface area contributed by atoms with Gasteiger partial charge in [-0.15, -0.1) is 0 Å². The van der Waals surface area contributed by atoms with E-state index in [1.54, 1.807) is 6.07 Å². The summed E-state index contributed by atoms with van der Waals surface area (Å²) in [6, 6.07) is 1.05. The Morgan fingerprint density at radius 2 is 2.04 bits per heavy atom. The molecule has 142 valence electrons. The van der Waals surface area contributed by atoms with Crippen LogP contribution in [0.25, 0.3) is 0 Å². The number of ether oxygens (including phenoxy) is 1. The van der Waals surface area contributed by atoms with Crippen LogP contribution < -0.4 is 10.9 Å². The van der Waals surface area contributed by atoms with Crippen LogP contribution in [0.3, 0.4) is 0 Å². The van der Waals surface area contributed by atoms with Crippen LogP contribution in [0.1, 0.15) is 58.4 Å². The van der Waals surface area contributed by atoms with E-state index in [1.165, 1.54) is 4.68 Å². The van der Waals surface area contributed by atoms with Crippen LogP contribution in [0, 0.1) is 0 Å². The third-order valence-corrected chi connectivity index (χ3v) is 5.83. The van der Waals surface area contributed by atoms with Gasteiger partial charge in [0.25, 0.3) is 11.5 Å². The van der Waals surface area contributed by atoms with E-state index in [2.05, 4.69) is 15.6 Å². The maximum Gasteiger partial charge on any atom is 0.274 e. The summed E-state index contributed by atoms with van der Waals surface area (Å²) in [7, 11) is 0. The van der Waals surface area contributed by atoms with E-state index in [0.717, 1.165) is 67.5 Å². The van der Waals surface area contributed by atoms with E-state index in [1.807, 2.05) is 0 Å². The molecule has 0 bridgehead atoms. The second-order valence-electron chi connectivity index (χ2n) is 7.58. The van der Waals surface area contributed by atoms with Gasteiger partial charge in [-0.25, -0.2) is 4.68 Å². The lowest BCUT2D eigenvalue weighted by molar-refractivity contribution is 0.0914. The van der Waals surface area contributed by atoms with Gasteiger partial charge in [-0.1, -0.05) is 5.16 Å². The molecule has 8 heteroatoms. The van der Waals surface area contributed by atoms with Gasteiger partial charge in [0.15, 0.2) is 5.69 Å². The third kappa shape index (κ3) is 2.88. The molecule has 0 spiro atoms. The van der Waals surface area contributed by atoms with E-state index in [4.69, 9.17) is 9.26 Å². The first kappa shape index (κ1) is 16.7. The average Bonchev–Trinajstić information content (AvgIpc) is 3.39. The predicted octanol–water partition coefficient (Wildman–Crippen LogP) is 0.969. The molecule has 0 radical (unpaired) electrons. The second-order valence-corrected chi connectivity index (χ2v) is 7.58. The molecule has 2 aromatic rings. The number of carbonyl (C=O) groups is 1. The van der Waals surface area contributed by atoms with Crippen LogP contribution in [-0.4, -0.2) is 40.1 Å². The molecule has 1 amide bonds. The molecule has 1 fully saturated rings. The van der Waals surface area contributed by atoms with E-state index in [9.17, 15) is 9.59 Å². The van der Waals surface area contributed by atoms with Crippen LogP contribution in [-0.2, 0) is 30.4 Å². The zero-order valence-corrected chi connectivity index (χ0v) is 15.1. The SMILES string of the molecule is O=C(NC1COCC1n1nc2c(cc1=O)CCC2)c1noc2c1CCCC2. The topological polar surface area (TPSA) is 99.2 Å². The second kappa shape index (κ2) is 6.60. The fourth-order valence-corrected chi connectivity index (χ4v) is 4.37. The maximum atomic E-state index is 12.8. The number of hydrogen-bond donors (Lipinski definition) is 1. The normalized spacial score (nSPS) is 23.9. The molecule has 2 aliphatic carbocycles. The first-order valence-corrected chi connectivity index (χ1v) is 9.68. The van der Waals surface area contributed by atoms with E-state index >= 15 is 0 Å². The van der Waals surface area contributed by atoms with Gasteiger partial charge in [-0.3, -0.25) is 9.59 Å². The largest absolute Gasteiger partial charge is 0.377 e. The van der Waals surface area contributed by atoms with Crippen molar-refractivity contribution < 1.29 is 14.1 Å². The maximum absolute atomic E-state index is 12.8. The van der Waals surface area contributed by atoms with Crippen molar-refractivity contribution in [2.75, 3.05) is 13.2 Å². The lowest BCUT2D eigenvalue weighted by Crippen LogP contribution is -2.44. The molecule has 0 aromatic carbocycles. The molecule has 8 nitrogen and oxygen atoms in total. The summed E-state index contributed by atoms with van der Waals surface area (Å²) in [5.74, 6) is 0.554. The Hall–Kier alpha value is -2.48. The van der Waals surface area contributed by atoms with Crippen LogP contribution in [0.5, 0.6) is 0 Å². The monoisotopic (exact) mass is 370 g/mol. The van der Waals surface area contributed by atoms with Crippen LogP contribution in [0.4, 0.5) is 0 Å². The summed E-state index contributed by atoms with van der Waals surface area (Å²) < 4.78 is 12.4. The van der Waals surface area contributed by atoms with Crippen LogP contribution in [0.15, 0.2) is 15.4 Å². The highest BCUT2D eigenvalue weighted by atomic mass is 16.5. The van der Waals surface area contributed by atoms with Gasteiger partial charge in [0, 0.05) is 18.1 Å². The Labute approximate surface area is 155 Å². The Bertz CT molecular complexity index is 948. The molecule has 1 saturated heterocycles. The molecule has 3 aliphatic rings. The van der Waals surface area contributed by atoms with Crippen molar-refractivity contribution in [2.45, 2.75) is 57.0 Å². The van der Waals surface area contributed by atoms with Gasteiger partial charge in [-0.05, 0) is 44.1 Å². The summed E-state index contributed by atoms with van der Waals surface area (Å²) >= 11 is 0. The van der Waals surface area contributed by atoms with Crippen molar-refractivity contribution in [2.24, 2.45) is 0 Å². The lowest BCUT2D eigenvalue weighted by Gasteiger charge is -2.20. The first-order chi connectivity index (χ1) is 13.2. The zero-order valence-electron chi connectivity index (χ0n) is 15.1. The molecule has 2 atom stereocenters. The zero-order chi connectivity index (χ0) is 18.4. The molecule has 0 saturated carbocycles. The van der Waals surface area contributed by atoms with Gasteiger partial charge in [-0.2, -0.15) is 5.10 Å². The van der Waals surface area contributed by atoms with E-state index in [-0.39, 0.29) is 23.6 Å². The third-order valence-electron chi connectivity index (χ3n) is 5.83. The van der Waals surface area contributed by atoms with Crippen molar-refractivity contribution in [3.05, 3.63) is 44.7 Å². The molecular formula is C19H22N4O4. The van der Waals surface area contributed by atoms with Crippen molar-refractivity contribution in [1.29, 1.82) is 0 Å². The minimum absolute atomic E-state index is 0.135. The Kier molecular flexibility index (Phi) is 4.07. The number of aromatic nitrogens is 3. The number of aryl methyl sites for hydroxylation is 3. The van der Waals surface area contributed by atoms with E-state index in [0.29, 0.717) is 18.9 Å². The van der Waals surface area contributed by atoms with Gasteiger partial charge in [0.05, 0.1) is 24.9 Å². The lowest BCUT2D eigenvalue weighted by atomic mass is 9.96. The predicted molar refractivity (Wildman–Crippen MR) is 94.8 cm³/mol. The van der Waals surface area contributed by atoms with Gasteiger partial charge in [0.1, 0.15) is 11.8 Å². The van der Waals surface area contributed by atoms with Gasteiger partial charge < -0.3 is 14.6 Å². The Morgan fingerprint density at radius 3 is 2.96 bits per heavy atom. The smallest absolute Gasteiger partial charge is 0.274 e. The number of rotatable bonds is 3. The number of carbonyl (C=O) groups excluding carboxylic acids is 1. The number of hydrogen-bond acceptors (Lipinski definition) is 6.